The molecule has 0 bridgehead atoms. The van der Waals surface area contributed by atoms with Crippen molar-refractivity contribution in [1.82, 2.24) is 14.7 Å². The Hall–Kier alpha value is -2.58. The van der Waals surface area contributed by atoms with Crippen molar-refractivity contribution in [2.75, 3.05) is 12.5 Å². The minimum atomic E-state index is -0.0517. The van der Waals surface area contributed by atoms with Gasteiger partial charge in [-0.1, -0.05) is 48.2 Å². The van der Waals surface area contributed by atoms with Crippen LogP contribution in [0.1, 0.15) is 5.56 Å². The van der Waals surface area contributed by atoms with Gasteiger partial charge < -0.3 is 14.8 Å². The molecular formula is C18H15N3O3S2. The monoisotopic (exact) mass is 385 g/mol. The van der Waals surface area contributed by atoms with E-state index >= 15 is 0 Å². The van der Waals surface area contributed by atoms with Gasteiger partial charge >= 0.3 is 0 Å². The smallest absolute Gasteiger partial charge is 0.231 e. The average Bonchev–Trinajstić information content (AvgIpc) is 3.34. The van der Waals surface area contributed by atoms with Gasteiger partial charge in [-0.05, 0) is 29.2 Å². The molecule has 2 heterocycles. The van der Waals surface area contributed by atoms with E-state index in [-0.39, 0.29) is 12.7 Å². The molecule has 0 spiro atoms. The fourth-order valence-corrected chi connectivity index (χ4v) is 3.85. The Labute approximate surface area is 158 Å². The van der Waals surface area contributed by atoms with Crippen LogP contribution in [0.4, 0.5) is 0 Å². The van der Waals surface area contributed by atoms with Crippen LogP contribution in [0.2, 0.25) is 0 Å². The normalized spacial score (nSPS) is 12.2. The Morgan fingerprint density at radius 3 is 2.88 bits per heavy atom. The second-order valence-electron chi connectivity index (χ2n) is 5.50. The first kappa shape index (κ1) is 16.9. The molecule has 0 saturated heterocycles. The molecule has 0 fully saturated rings. The zero-order valence-corrected chi connectivity index (χ0v) is 15.3. The molecule has 132 valence electrons. The fraction of sp³-hybridized carbons (Fsp3) is 0.167. The maximum absolute atomic E-state index is 12.1. The molecule has 1 aliphatic heterocycles. The van der Waals surface area contributed by atoms with E-state index in [2.05, 4.69) is 14.7 Å². The molecule has 4 rings (SSSR count). The SMILES string of the molecule is O=C(CSc1nc(-c2ccccc2)ns1)NCc1ccc2c(c1)OCO2. The van der Waals surface area contributed by atoms with Gasteiger partial charge in [-0.15, -0.1) is 0 Å². The highest BCUT2D eigenvalue weighted by atomic mass is 32.2. The molecule has 0 aliphatic carbocycles. The molecule has 1 aliphatic rings. The van der Waals surface area contributed by atoms with Gasteiger partial charge in [0.25, 0.3) is 0 Å². The minimum absolute atomic E-state index is 0.0517. The number of hydrogen-bond donors (Lipinski definition) is 1. The summed E-state index contributed by atoms with van der Waals surface area (Å²) in [6.45, 7) is 0.690. The van der Waals surface area contributed by atoms with E-state index in [1.54, 1.807) is 0 Å². The first-order valence-corrected chi connectivity index (χ1v) is 9.71. The highest BCUT2D eigenvalue weighted by Gasteiger charge is 2.14. The Morgan fingerprint density at radius 1 is 1.15 bits per heavy atom. The maximum atomic E-state index is 12.1. The van der Waals surface area contributed by atoms with E-state index in [9.17, 15) is 4.79 Å². The van der Waals surface area contributed by atoms with Crippen LogP contribution < -0.4 is 14.8 Å². The number of carbonyl (C=O) groups is 1. The summed E-state index contributed by atoms with van der Waals surface area (Å²) in [4.78, 5) is 16.5. The van der Waals surface area contributed by atoms with Crippen molar-refractivity contribution in [3.63, 3.8) is 0 Å². The first-order valence-electron chi connectivity index (χ1n) is 7.95. The lowest BCUT2D eigenvalue weighted by molar-refractivity contribution is -0.118. The third-order valence-corrected chi connectivity index (χ3v) is 5.53. The van der Waals surface area contributed by atoms with Crippen LogP contribution in [0.3, 0.4) is 0 Å². The van der Waals surface area contributed by atoms with Crippen LogP contribution in [0.15, 0.2) is 52.9 Å². The Balaban J connectivity index is 1.27. The lowest BCUT2D eigenvalue weighted by Crippen LogP contribution is -2.24. The van der Waals surface area contributed by atoms with Gasteiger partial charge in [-0.3, -0.25) is 4.79 Å². The summed E-state index contributed by atoms with van der Waals surface area (Å²) in [6.07, 6.45) is 0. The molecule has 1 aromatic heterocycles. The molecule has 1 amide bonds. The molecule has 0 atom stereocenters. The number of hydrogen-bond acceptors (Lipinski definition) is 7. The van der Waals surface area contributed by atoms with Gasteiger partial charge in [0.2, 0.25) is 12.7 Å². The number of fused-ring (bicyclic) bond motifs is 1. The number of nitrogens with one attached hydrogen (secondary N) is 1. The van der Waals surface area contributed by atoms with Gasteiger partial charge in [0, 0.05) is 12.1 Å². The quantitative estimate of drug-likeness (QED) is 0.656. The van der Waals surface area contributed by atoms with Crippen LogP contribution in [-0.2, 0) is 11.3 Å². The van der Waals surface area contributed by atoms with Gasteiger partial charge in [0.1, 0.15) is 0 Å². The van der Waals surface area contributed by atoms with Gasteiger partial charge in [-0.2, -0.15) is 4.37 Å². The number of benzene rings is 2. The number of carbonyl (C=O) groups excluding carboxylic acids is 1. The summed E-state index contributed by atoms with van der Waals surface area (Å²) in [5, 5.41) is 2.90. The molecule has 8 heteroatoms. The molecule has 6 nitrogen and oxygen atoms in total. The standard InChI is InChI=1S/C18H15N3O3S2/c22-16(19-9-12-6-7-14-15(8-12)24-11-23-14)10-25-18-20-17(21-26-18)13-4-2-1-3-5-13/h1-8H,9-11H2,(H,19,22). The van der Waals surface area contributed by atoms with Gasteiger partial charge in [-0.25, -0.2) is 4.98 Å². The van der Waals surface area contributed by atoms with Crippen molar-refractivity contribution in [3.8, 4) is 22.9 Å². The van der Waals surface area contributed by atoms with Crippen molar-refractivity contribution < 1.29 is 14.3 Å². The fourth-order valence-electron chi connectivity index (χ4n) is 2.40. The zero-order chi connectivity index (χ0) is 17.8. The Morgan fingerprint density at radius 2 is 2.00 bits per heavy atom. The predicted octanol–water partition coefficient (Wildman–Crippen LogP) is 3.34. The minimum Gasteiger partial charge on any atom is -0.454 e. The Kier molecular flexibility index (Phi) is 5.03. The number of aromatic nitrogens is 2. The highest BCUT2D eigenvalue weighted by molar-refractivity contribution is 8.01. The molecular weight excluding hydrogens is 370 g/mol. The summed E-state index contributed by atoms with van der Waals surface area (Å²) in [6, 6.07) is 15.4. The van der Waals surface area contributed by atoms with Crippen LogP contribution >= 0.6 is 23.3 Å². The van der Waals surface area contributed by atoms with Gasteiger partial charge in [0.05, 0.1) is 5.75 Å². The van der Waals surface area contributed by atoms with Crippen molar-refractivity contribution >= 4 is 29.2 Å². The van der Waals surface area contributed by atoms with Crippen molar-refractivity contribution in [1.29, 1.82) is 0 Å². The molecule has 26 heavy (non-hydrogen) atoms. The van der Waals surface area contributed by atoms with E-state index < -0.39 is 0 Å². The number of nitrogens with zero attached hydrogens (tertiary/aromatic N) is 2. The van der Waals surface area contributed by atoms with E-state index in [1.807, 2.05) is 48.5 Å². The van der Waals surface area contributed by atoms with Crippen molar-refractivity contribution in [3.05, 3.63) is 54.1 Å². The van der Waals surface area contributed by atoms with Crippen LogP contribution in [0.5, 0.6) is 11.5 Å². The second kappa shape index (κ2) is 7.76. The third kappa shape index (κ3) is 3.97. The lowest BCUT2D eigenvalue weighted by Gasteiger charge is -2.05. The molecule has 0 unspecified atom stereocenters. The van der Waals surface area contributed by atoms with Crippen LogP contribution in [-0.4, -0.2) is 27.8 Å². The zero-order valence-electron chi connectivity index (χ0n) is 13.7. The number of rotatable bonds is 6. The van der Waals surface area contributed by atoms with E-state index in [0.29, 0.717) is 23.9 Å². The third-order valence-electron chi connectivity index (χ3n) is 3.69. The highest BCUT2D eigenvalue weighted by Crippen LogP contribution is 2.32. The molecule has 0 radical (unpaired) electrons. The maximum Gasteiger partial charge on any atom is 0.231 e. The molecule has 0 saturated carbocycles. The van der Waals surface area contributed by atoms with E-state index in [0.717, 1.165) is 21.2 Å². The lowest BCUT2D eigenvalue weighted by atomic mass is 10.2. The van der Waals surface area contributed by atoms with Crippen LogP contribution in [0.25, 0.3) is 11.4 Å². The molecule has 1 N–H and O–H groups in total. The summed E-state index contributed by atoms with van der Waals surface area (Å²) in [7, 11) is 0. The van der Waals surface area contributed by atoms with Gasteiger partial charge in [0.15, 0.2) is 21.7 Å². The largest absolute Gasteiger partial charge is 0.454 e. The molecule has 2 aromatic carbocycles. The number of ether oxygens (including phenoxy) is 2. The summed E-state index contributed by atoms with van der Waals surface area (Å²) < 4.78 is 15.7. The first-order chi connectivity index (χ1) is 12.8. The van der Waals surface area contributed by atoms with E-state index in [1.165, 1.54) is 23.3 Å². The van der Waals surface area contributed by atoms with Crippen LogP contribution in [0, 0.1) is 0 Å². The molecule has 3 aromatic rings. The van der Waals surface area contributed by atoms with Crippen molar-refractivity contribution in [2.45, 2.75) is 10.9 Å². The van der Waals surface area contributed by atoms with E-state index in [4.69, 9.17) is 9.47 Å². The predicted molar refractivity (Wildman–Crippen MR) is 100 cm³/mol. The van der Waals surface area contributed by atoms with Crippen molar-refractivity contribution in [2.24, 2.45) is 0 Å². The summed E-state index contributed by atoms with van der Waals surface area (Å²) in [5.74, 6) is 2.39. The topological polar surface area (TPSA) is 73.3 Å². The Bertz CT molecular complexity index is 915. The summed E-state index contributed by atoms with van der Waals surface area (Å²) >= 11 is 2.69. The number of amides is 1. The second-order valence-corrected chi connectivity index (χ2v) is 7.48. The average molecular weight is 385 g/mol. The number of thioether (sulfide) groups is 1. The summed E-state index contributed by atoms with van der Waals surface area (Å²) in [5.41, 5.74) is 1.94.